The van der Waals surface area contributed by atoms with E-state index in [0.29, 0.717) is 17.9 Å². The van der Waals surface area contributed by atoms with Crippen molar-refractivity contribution in [3.05, 3.63) is 89.0 Å². The molecule has 146 valence electrons. The summed E-state index contributed by atoms with van der Waals surface area (Å²) in [5, 5.41) is 4.19. The number of esters is 1. The predicted octanol–water partition coefficient (Wildman–Crippen LogP) is 3.87. The fourth-order valence-electron chi connectivity index (χ4n) is 3.48. The van der Waals surface area contributed by atoms with E-state index in [1.54, 1.807) is 4.52 Å². The van der Waals surface area contributed by atoms with Crippen LogP contribution in [0.25, 0.3) is 5.78 Å². The highest BCUT2D eigenvalue weighted by Crippen LogP contribution is 2.22. The summed E-state index contributed by atoms with van der Waals surface area (Å²) in [7, 11) is 0. The Bertz CT molecular complexity index is 1150. The highest BCUT2D eigenvalue weighted by Gasteiger charge is 2.14. The Kier molecular flexibility index (Phi) is 5.33. The number of ether oxygens (including phenoxy) is 1. The molecule has 0 aliphatic heterocycles. The Balaban J connectivity index is 1.46. The van der Waals surface area contributed by atoms with E-state index >= 15 is 0 Å². The van der Waals surface area contributed by atoms with Gasteiger partial charge in [0, 0.05) is 17.8 Å². The first kappa shape index (κ1) is 18.8. The molecule has 0 saturated carbocycles. The highest BCUT2D eigenvalue weighted by molar-refractivity contribution is 5.73. The van der Waals surface area contributed by atoms with Crippen molar-refractivity contribution < 1.29 is 9.53 Å². The fourth-order valence-corrected chi connectivity index (χ4v) is 3.48. The summed E-state index contributed by atoms with van der Waals surface area (Å²) in [6.45, 7) is 3.89. The Hall–Kier alpha value is -3.54. The minimum atomic E-state index is -0.261. The average Bonchev–Trinajstić information content (AvgIpc) is 3.19. The highest BCUT2D eigenvalue weighted by atomic mass is 16.5. The average molecular weight is 386 g/mol. The first-order valence-electron chi connectivity index (χ1n) is 9.60. The molecule has 6 nitrogen and oxygen atoms in total. The van der Waals surface area contributed by atoms with Gasteiger partial charge in [0.05, 0.1) is 6.42 Å². The Labute approximate surface area is 169 Å². The summed E-state index contributed by atoms with van der Waals surface area (Å²) in [4.78, 5) is 21.1. The van der Waals surface area contributed by atoms with E-state index < -0.39 is 0 Å². The lowest BCUT2D eigenvalue weighted by Crippen LogP contribution is -2.13. The molecule has 4 rings (SSSR count). The smallest absolute Gasteiger partial charge is 0.311 e. The number of nitrogens with zero attached hydrogens (tertiary/aromatic N) is 4. The maximum absolute atomic E-state index is 12.5. The molecule has 0 amide bonds. The zero-order valence-electron chi connectivity index (χ0n) is 16.5. The number of carbonyl (C=O) groups is 1. The monoisotopic (exact) mass is 386 g/mol. The number of aromatic nitrogens is 4. The fraction of sp³-hybridized carbons (Fsp3) is 0.217. The van der Waals surface area contributed by atoms with Crippen molar-refractivity contribution in [3.8, 4) is 5.75 Å². The van der Waals surface area contributed by atoms with Crippen LogP contribution in [0.3, 0.4) is 0 Å². The lowest BCUT2D eigenvalue weighted by molar-refractivity contribution is -0.134. The van der Waals surface area contributed by atoms with Crippen LogP contribution in [-0.4, -0.2) is 25.6 Å². The molecule has 2 heterocycles. The molecule has 2 aromatic heterocycles. The zero-order valence-corrected chi connectivity index (χ0v) is 16.5. The van der Waals surface area contributed by atoms with Crippen LogP contribution in [0.2, 0.25) is 0 Å². The van der Waals surface area contributed by atoms with Crippen LogP contribution >= 0.6 is 0 Å². The van der Waals surface area contributed by atoms with E-state index in [4.69, 9.17) is 4.74 Å². The SMILES string of the molecule is Cc1nc2ncnn2c(C)c1CCC(=O)Oc1ccccc1Cc1ccccc1. The molecule has 2 aromatic carbocycles. The lowest BCUT2D eigenvalue weighted by Gasteiger charge is -2.12. The number of hydrogen-bond acceptors (Lipinski definition) is 5. The van der Waals surface area contributed by atoms with Crippen LogP contribution in [0.15, 0.2) is 60.9 Å². The van der Waals surface area contributed by atoms with Gasteiger partial charge in [-0.05, 0) is 43.0 Å². The van der Waals surface area contributed by atoms with Crippen LogP contribution in [-0.2, 0) is 17.6 Å². The van der Waals surface area contributed by atoms with Crippen LogP contribution < -0.4 is 4.74 Å². The molecule has 0 aliphatic rings. The van der Waals surface area contributed by atoms with Crippen molar-refractivity contribution in [3.63, 3.8) is 0 Å². The molecular weight excluding hydrogens is 364 g/mol. The van der Waals surface area contributed by atoms with Gasteiger partial charge >= 0.3 is 5.97 Å². The lowest BCUT2D eigenvalue weighted by atomic mass is 10.0. The van der Waals surface area contributed by atoms with Crippen molar-refractivity contribution in [1.82, 2.24) is 19.6 Å². The number of rotatable bonds is 6. The van der Waals surface area contributed by atoms with E-state index in [0.717, 1.165) is 28.9 Å². The standard InChI is InChI=1S/C23H22N4O2/c1-16-20(17(2)27-23(26-16)24-15-25-27)12-13-22(28)29-21-11-7-6-10-19(21)14-18-8-4-3-5-9-18/h3-11,15H,12-14H2,1-2H3. The molecule has 0 spiro atoms. The molecule has 6 heteroatoms. The summed E-state index contributed by atoms with van der Waals surface area (Å²) >= 11 is 0. The predicted molar refractivity (Wildman–Crippen MR) is 110 cm³/mol. The maximum atomic E-state index is 12.5. The molecule has 0 aliphatic carbocycles. The summed E-state index contributed by atoms with van der Waals surface area (Å²) in [5.41, 5.74) is 4.97. The Morgan fingerprint density at radius 2 is 1.79 bits per heavy atom. The quantitative estimate of drug-likeness (QED) is 0.372. The Morgan fingerprint density at radius 1 is 1.03 bits per heavy atom. The number of para-hydroxylation sites is 1. The maximum Gasteiger partial charge on any atom is 0.311 e. The first-order chi connectivity index (χ1) is 14.1. The van der Waals surface area contributed by atoms with Crippen molar-refractivity contribution in [2.75, 3.05) is 0 Å². The van der Waals surface area contributed by atoms with Gasteiger partial charge in [-0.25, -0.2) is 9.50 Å². The molecule has 0 saturated heterocycles. The molecule has 0 bridgehead atoms. The molecule has 0 atom stereocenters. The molecule has 0 unspecified atom stereocenters. The van der Waals surface area contributed by atoms with Gasteiger partial charge in [0.25, 0.3) is 5.78 Å². The number of carbonyl (C=O) groups excluding carboxylic acids is 1. The minimum Gasteiger partial charge on any atom is -0.426 e. The third-order valence-corrected chi connectivity index (χ3v) is 5.00. The zero-order chi connectivity index (χ0) is 20.2. The number of fused-ring (bicyclic) bond motifs is 1. The third kappa shape index (κ3) is 4.16. The van der Waals surface area contributed by atoms with Crippen LogP contribution in [0, 0.1) is 13.8 Å². The van der Waals surface area contributed by atoms with E-state index in [1.165, 1.54) is 11.9 Å². The van der Waals surface area contributed by atoms with E-state index in [-0.39, 0.29) is 12.4 Å². The second kappa shape index (κ2) is 8.22. The van der Waals surface area contributed by atoms with E-state index in [2.05, 4.69) is 27.2 Å². The molecular formula is C23H22N4O2. The first-order valence-corrected chi connectivity index (χ1v) is 9.60. The molecule has 0 fully saturated rings. The van der Waals surface area contributed by atoms with Gasteiger partial charge in [-0.3, -0.25) is 4.79 Å². The van der Waals surface area contributed by atoms with Crippen molar-refractivity contribution >= 4 is 11.7 Å². The Morgan fingerprint density at radius 3 is 2.62 bits per heavy atom. The van der Waals surface area contributed by atoms with Gasteiger partial charge in [0.1, 0.15) is 12.1 Å². The van der Waals surface area contributed by atoms with Gasteiger partial charge < -0.3 is 4.74 Å². The normalized spacial score (nSPS) is 11.0. The minimum absolute atomic E-state index is 0.261. The van der Waals surface area contributed by atoms with Gasteiger partial charge in [-0.2, -0.15) is 10.1 Å². The second-order valence-electron chi connectivity index (χ2n) is 6.98. The summed E-state index contributed by atoms with van der Waals surface area (Å²) in [5.74, 6) is 0.920. The van der Waals surface area contributed by atoms with Crippen molar-refractivity contribution in [2.45, 2.75) is 33.1 Å². The number of benzene rings is 2. The van der Waals surface area contributed by atoms with E-state index in [9.17, 15) is 4.79 Å². The van der Waals surface area contributed by atoms with E-state index in [1.807, 2.05) is 56.3 Å². The van der Waals surface area contributed by atoms with Crippen molar-refractivity contribution in [2.24, 2.45) is 0 Å². The topological polar surface area (TPSA) is 69.4 Å². The van der Waals surface area contributed by atoms with Gasteiger partial charge in [0.15, 0.2) is 0 Å². The third-order valence-electron chi connectivity index (χ3n) is 5.00. The largest absolute Gasteiger partial charge is 0.426 e. The van der Waals surface area contributed by atoms with Crippen LogP contribution in [0.5, 0.6) is 5.75 Å². The summed E-state index contributed by atoms with van der Waals surface area (Å²) < 4.78 is 7.39. The molecule has 0 N–H and O–H groups in total. The second-order valence-corrected chi connectivity index (χ2v) is 6.98. The van der Waals surface area contributed by atoms with Gasteiger partial charge in [-0.1, -0.05) is 48.5 Å². The number of aryl methyl sites for hydroxylation is 2. The molecule has 4 aromatic rings. The van der Waals surface area contributed by atoms with Crippen LogP contribution in [0.4, 0.5) is 0 Å². The van der Waals surface area contributed by atoms with Crippen molar-refractivity contribution in [1.29, 1.82) is 0 Å². The van der Waals surface area contributed by atoms with Gasteiger partial charge in [-0.15, -0.1) is 0 Å². The van der Waals surface area contributed by atoms with Crippen LogP contribution in [0.1, 0.15) is 34.5 Å². The molecule has 29 heavy (non-hydrogen) atoms. The summed E-state index contributed by atoms with van der Waals surface area (Å²) in [6.07, 6.45) is 3.01. The number of hydrogen-bond donors (Lipinski definition) is 0. The molecule has 0 radical (unpaired) electrons. The van der Waals surface area contributed by atoms with Gasteiger partial charge in [0.2, 0.25) is 0 Å². The summed E-state index contributed by atoms with van der Waals surface area (Å²) in [6, 6.07) is 17.8.